The molecule has 1 aliphatic heterocycles. The van der Waals surface area contributed by atoms with E-state index >= 15 is 0 Å². The van der Waals surface area contributed by atoms with Crippen molar-refractivity contribution >= 4 is 28.0 Å². The average Bonchev–Trinajstić information content (AvgIpc) is 3.21. The molecule has 1 amide bonds. The van der Waals surface area contributed by atoms with E-state index < -0.39 is 18.2 Å². The summed E-state index contributed by atoms with van der Waals surface area (Å²) in [7, 11) is 0. The van der Waals surface area contributed by atoms with Gasteiger partial charge >= 0.3 is 12.1 Å². The molecule has 37 heavy (non-hydrogen) atoms. The van der Waals surface area contributed by atoms with Crippen LogP contribution in [-0.2, 0) is 19.9 Å². The molecule has 2 aromatic carbocycles. The number of aromatic nitrogens is 1. The summed E-state index contributed by atoms with van der Waals surface area (Å²) in [4.78, 5) is 30.5. The summed E-state index contributed by atoms with van der Waals surface area (Å²) in [5, 5.41) is 9.32. The van der Waals surface area contributed by atoms with Gasteiger partial charge in [-0.3, -0.25) is 4.98 Å². The average molecular weight is 565 g/mol. The van der Waals surface area contributed by atoms with E-state index in [2.05, 4.69) is 45.2 Å². The van der Waals surface area contributed by atoms with Gasteiger partial charge in [-0.2, -0.15) is 0 Å². The van der Waals surface area contributed by atoms with Gasteiger partial charge in [-0.05, 0) is 69.9 Å². The Hall–Kier alpha value is -3.23. The quantitative estimate of drug-likeness (QED) is 0.397. The fourth-order valence-electron chi connectivity index (χ4n) is 5.57. The van der Waals surface area contributed by atoms with Crippen LogP contribution in [0.2, 0.25) is 0 Å². The van der Waals surface area contributed by atoms with Crippen molar-refractivity contribution in [3.05, 3.63) is 88.2 Å². The Morgan fingerprint density at radius 1 is 1.00 bits per heavy atom. The van der Waals surface area contributed by atoms with Crippen LogP contribution in [0.25, 0.3) is 11.1 Å². The maximum atomic E-state index is 13.3. The summed E-state index contributed by atoms with van der Waals surface area (Å²) >= 11 is 3.56. The van der Waals surface area contributed by atoms with Gasteiger partial charge in [-0.1, -0.05) is 48.5 Å². The van der Waals surface area contributed by atoms with Gasteiger partial charge in [0.15, 0.2) is 0 Å². The molecule has 2 aliphatic rings. The lowest BCUT2D eigenvalue weighted by Crippen LogP contribution is -2.42. The van der Waals surface area contributed by atoms with Crippen molar-refractivity contribution in [1.82, 2.24) is 9.88 Å². The first kappa shape index (κ1) is 25.4. The Morgan fingerprint density at radius 2 is 1.70 bits per heavy atom. The zero-order chi connectivity index (χ0) is 25.8. The minimum atomic E-state index is -1.03. The van der Waals surface area contributed by atoms with E-state index in [4.69, 9.17) is 9.47 Å². The van der Waals surface area contributed by atoms with E-state index in [0.717, 1.165) is 22.9 Å². The second-order valence-corrected chi connectivity index (χ2v) is 10.4. The van der Waals surface area contributed by atoms with Crippen molar-refractivity contribution < 1.29 is 24.2 Å². The number of ether oxygens (including phenoxy) is 2. The Balaban J connectivity index is 1.31. The van der Waals surface area contributed by atoms with Gasteiger partial charge in [0.05, 0.1) is 5.60 Å². The lowest BCUT2D eigenvalue weighted by molar-refractivity contribution is -0.153. The monoisotopic (exact) mass is 564 g/mol. The van der Waals surface area contributed by atoms with E-state index in [1.165, 1.54) is 22.3 Å². The Morgan fingerprint density at radius 3 is 2.38 bits per heavy atom. The molecule has 1 fully saturated rings. The molecule has 1 atom stereocenters. The molecule has 8 heteroatoms. The normalized spacial score (nSPS) is 19.4. The maximum Gasteiger partial charge on any atom is 0.409 e. The number of carbonyl (C=O) groups excluding carboxylic acids is 1. The minimum Gasteiger partial charge on any atom is -0.480 e. The Kier molecular flexibility index (Phi) is 7.58. The zero-order valence-electron chi connectivity index (χ0n) is 20.4. The number of halogens is 1. The zero-order valence-corrected chi connectivity index (χ0v) is 22.0. The van der Waals surface area contributed by atoms with Crippen LogP contribution in [0.3, 0.4) is 0 Å². The number of aliphatic carboxylic acids is 1. The van der Waals surface area contributed by atoms with Crippen LogP contribution >= 0.6 is 15.9 Å². The lowest BCUT2D eigenvalue weighted by atomic mass is 9.84. The van der Waals surface area contributed by atoms with Crippen molar-refractivity contribution in [2.45, 2.75) is 37.2 Å². The molecule has 0 saturated carbocycles. The van der Waals surface area contributed by atoms with Gasteiger partial charge in [-0.15, -0.1) is 0 Å². The number of amides is 1. The topological polar surface area (TPSA) is 89.0 Å². The van der Waals surface area contributed by atoms with Crippen LogP contribution < -0.4 is 0 Å². The highest BCUT2D eigenvalue weighted by molar-refractivity contribution is 9.10. The van der Waals surface area contributed by atoms with E-state index in [0.29, 0.717) is 25.9 Å². The molecule has 7 nitrogen and oxygen atoms in total. The molecule has 0 radical (unpaired) electrons. The van der Waals surface area contributed by atoms with E-state index in [1.54, 1.807) is 17.3 Å². The number of carboxylic acids is 1. The van der Waals surface area contributed by atoms with Gasteiger partial charge in [0.1, 0.15) is 13.2 Å². The van der Waals surface area contributed by atoms with Crippen molar-refractivity contribution in [2.75, 3.05) is 26.3 Å². The molecule has 1 aromatic heterocycles. The summed E-state index contributed by atoms with van der Waals surface area (Å²) in [5.41, 5.74) is 4.73. The molecule has 192 valence electrons. The molecule has 1 N–H and O–H groups in total. The minimum absolute atomic E-state index is 0.00290. The molecule has 2 heterocycles. The third kappa shape index (κ3) is 5.26. The number of rotatable bonds is 6. The summed E-state index contributed by atoms with van der Waals surface area (Å²) in [6.07, 6.45) is 5.66. The maximum absolute atomic E-state index is 13.3. The number of carbonyl (C=O) groups is 2. The fourth-order valence-corrected chi connectivity index (χ4v) is 6.18. The van der Waals surface area contributed by atoms with Crippen molar-refractivity contribution in [2.24, 2.45) is 0 Å². The van der Waals surface area contributed by atoms with Crippen molar-refractivity contribution in [1.29, 1.82) is 0 Å². The van der Waals surface area contributed by atoms with Gasteiger partial charge in [0.2, 0.25) is 0 Å². The molecule has 0 spiro atoms. The van der Waals surface area contributed by atoms with Crippen molar-refractivity contribution in [3.63, 3.8) is 0 Å². The van der Waals surface area contributed by atoms with Crippen LogP contribution in [0, 0.1) is 0 Å². The highest BCUT2D eigenvalue weighted by Crippen LogP contribution is 2.45. The second-order valence-electron chi connectivity index (χ2n) is 9.53. The number of hydrogen-bond acceptors (Lipinski definition) is 5. The lowest BCUT2D eigenvalue weighted by Gasteiger charge is -2.38. The highest BCUT2D eigenvalue weighted by Gasteiger charge is 2.38. The van der Waals surface area contributed by atoms with Crippen LogP contribution in [0.1, 0.15) is 48.3 Å². The number of benzene rings is 2. The predicted octanol–water partition coefficient (Wildman–Crippen LogP) is 5.97. The predicted molar refractivity (Wildman–Crippen MR) is 142 cm³/mol. The third-order valence-electron chi connectivity index (χ3n) is 7.37. The van der Waals surface area contributed by atoms with E-state index in [-0.39, 0.29) is 18.6 Å². The van der Waals surface area contributed by atoms with E-state index in [1.807, 2.05) is 30.3 Å². The van der Waals surface area contributed by atoms with Gasteiger partial charge in [0.25, 0.3) is 0 Å². The molecule has 0 bridgehead atoms. The fraction of sp³-hybridized carbons (Fsp3) is 0.345. The van der Waals surface area contributed by atoms with Gasteiger partial charge in [0, 0.05) is 41.4 Å². The molecule has 1 saturated heterocycles. The number of fused-ring (bicyclic) bond motifs is 3. The van der Waals surface area contributed by atoms with E-state index in [9.17, 15) is 14.7 Å². The number of carboxylic acid groups (broad SMARTS) is 1. The number of nitrogens with zero attached hydrogens (tertiary/aromatic N) is 2. The summed E-state index contributed by atoms with van der Waals surface area (Å²) in [6.45, 7) is 0.827. The second kappa shape index (κ2) is 11.0. The SMILES string of the molecule is O=C(O)COC1(c2ccncc2Br)CCCCN(C(=O)OCC2c3ccccc3-c3ccccc32)CC1. The molecule has 5 rings (SSSR count). The first-order chi connectivity index (χ1) is 18.0. The molecule has 1 aliphatic carbocycles. The Labute approximate surface area is 224 Å². The van der Waals surface area contributed by atoms with Crippen LogP contribution in [0.15, 0.2) is 71.5 Å². The van der Waals surface area contributed by atoms with Crippen LogP contribution in [0.4, 0.5) is 4.79 Å². The van der Waals surface area contributed by atoms with Crippen LogP contribution in [0.5, 0.6) is 0 Å². The molecular weight excluding hydrogens is 536 g/mol. The smallest absolute Gasteiger partial charge is 0.409 e. The highest BCUT2D eigenvalue weighted by atomic mass is 79.9. The summed E-state index contributed by atoms with van der Waals surface area (Å²) < 4.78 is 12.7. The summed E-state index contributed by atoms with van der Waals surface area (Å²) in [5.74, 6) is -1.03. The number of likely N-dealkylation sites (tertiary alicyclic amines) is 1. The standard InChI is InChI=1S/C29H29BrN2O5/c30-26-17-31-14-11-25(26)29(37-19-27(33)34)12-5-6-15-32(16-13-29)28(35)36-18-24-22-9-3-1-7-20(22)21-8-2-4-10-23(21)24/h1-4,7-11,14,17,24H,5-6,12-13,15-16,18-19H2,(H,33,34). The molecule has 1 unspecified atom stereocenters. The van der Waals surface area contributed by atoms with Crippen LogP contribution in [-0.4, -0.2) is 53.4 Å². The number of hydrogen-bond donors (Lipinski definition) is 1. The Bertz CT molecular complexity index is 1250. The van der Waals surface area contributed by atoms with Crippen molar-refractivity contribution in [3.8, 4) is 11.1 Å². The largest absolute Gasteiger partial charge is 0.480 e. The molecule has 3 aromatic rings. The molecular formula is C29H29BrN2O5. The van der Waals surface area contributed by atoms with Gasteiger partial charge < -0.3 is 19.5 Å². The first-order valence-electron chi connectivity index (χ1n) is 12.5. The first-order valence-corrected chi connectivity index (χ1v) is 13.3. The van der Waals surface area contributed by atoms with Gasteiger partial charge in [-0.25, -0.2) is 9.59 Å². The number of pyridine rings is 1. The summed E-state index contributed by atoms with van der Waals surface area (Å²) in [6, 6.07) is 18.4. The third-order valence-corrected chi connectivity index (χ3v) is 8.01.